The average Bonchev–Trinajstić information content (AvgIpc) is 2.74. The molecule has 3 N–H and O–H groups in total. The van der Waals surface area contributed by atoms with E-state index in [9.17, 15) is 14.4 Å². The molecule has 0 heterocycles. The number of carboxylic acids is 1. The van der Waals surface area contributed by atoms with E-state index in [0.717, 1.165) is 6.42 Å². The predicted octanol–water partition coefficient (Wildman–Crippen LogP) is 0.908. The minimum atomic E-state index is -0.909. The van der Waals surface area contributed by atoms with Crippen molar-refractivity contribution in [3.05, 3.63) is 0 Å². The van der Waals surface area contributed by atoms with Crippen LogP contribution in [0.4, 0.5) is 0 Å². The zero-order valence-electron chi connectivity index (χ0n) is 12.4. The second kappa shape index (κ2) is 6.72. The predicted molar refractivity (Wildman–Crippen MR) is 74.0 cm³/mol. The first kappa shape index (κ1) is 16.5. The van der Waals surface area contributed by atoms with E-state index in [1.807, 2.05) is 20.8 Å². The van der Waals surface area contributed by atoms with Gasteiger partial charge in [0.15, 0.2) is 0 Å². The van der Waals surface area contributed by atoms with Gasteiger partial charge in [0, 0.05) is 18.5 Å². The van der Waals surface area contributed by atoms with Crippen LogP contribution < -0.4 is 10.6 Å². The van der Waals surface area contributed by atoms with Crippen molar-refractivity contribution in [3.63, 3.8) is 0 Å². The maximum atomic E-state index is 11.9. The molecule has 0 bridgehead atoms. The van der Waals surface area contributed by atoms with Gasteiger partial charge in [-0.2, -0.15) is 0 Å². The Morgan fingerprint density at radius 3 is 2.30 bits per heavy atom. The third-order valence-corrected chi connectivity index (χ3v) is 3.34. The molecule has 0 aromatic heterocycles. The number of hydrogen-bond acceptors (Lipinski definition) is 3. The van der Waals surface area contributed by atoms with Crippen LogP contribution in [0.25, 0.3) is 0 Å². The van der Waals surface area contributed by atoms with Crippen LogP contribution in [0.5, 0.6) is 0 Å². The molecule has 20 heavy (non-hydrogen) atoms. The van der Waals surface area contributed by atoms with Crippen LogP contribution in [0.3, 0.4) is 0 Å². The van der Waals surface area contributed by atoms with Crippen molar-refractivity contribution >= 4 is 17.8 Å². The smallest absolute Gasteiger partial charge is 0.307 e. The lowest BCUT2D eigenvalue weighted by atomic mass is 9.95. The van der Waals surface area contributed by atoms with E-state index < -0.39 is 17.8 Å². The van der Waals surface area contributed by atoms with E-state index >= 15 is 0 Å². The third kappa shape index (κ3) is 5.19. The molecule has 1 fully saturated rings. The molecule has 0 radical (unpaired) electrons. The van der Waals surface area contributed by atoms with Crippen molar-refractivity contribution < 1.29 is 19.5 Å². The molecule has 2 atom stereocenters. The summed E-state index contributed by atoms with van der Waals surface area (Å²) >= 11 is 0. The Bertz CT molecular complexity index is 387. The van der Waals surface area contributed by atoms with Gasteiger partial charge in [0.25, 0.3) is 0 Å². The van der Waals surface area contributed by atoms with Crippen molar-refractivity contribution in [1.29, 1.82) is 0 Å². The molecule has 0 aromatic carbocycles. The van der Waals surface area contributed by atoms with Gasteiger partial charge in [-0.3, -0.25) is 14.4 Å². The Labute approximate surface area is 119 Å². The number of amides is 2. The minimum Gasteiger partial charge on any atom is -0.481 e. The van der Waals surface area contributed by atoms with Gasteiger partial charge in [-0.15, -0.1) is 0 Å². The van der Waals surface area contributed by atoms with E-state index in [2.05, 4.69) is 10.6 Å². The van der Waals surface area contributed by atoms with Crippen LogP contribution in [0, 0.1) is 11.8 Å². The Balaban J connectivity index is 2.33. The monoisotopic (exact) mass is 284 g/mol. The SMILES string of the molecule is CC(C)(C)NC(=O)CCNC(=O)[C@@H]1CCC[C@@H]1C(=O)O. The molecule has 1 rings (SSSR count). The van der Waals surface area contributed by atoms with Crippen LogP contribution in [-0.4, -0.2) is 35.0 Å². The molecule has 0 aromatic rings. The zero-order valence-corrected chi connectivity index (χ0v) is 12.4. The maximum absolute atomic E-state index is 11.9. The summed E-state index contributed by atoms with van der Waals surface area (Å²) in [6.45, 7) is 5.90. The van der Waals surface area contributed by atoms with Crippen LogP contribution >= 0.6 is 0 Å². The molecule has 6 nitrogen and oxygen atoms in total. The Kier molecular flexibility index (Phi) is 5.53. The van der Waals surface area contributed by atoms with Crippen LogP contribution in [0.2, 0.25) is 0 Å². The highest BCUT2D eigenvalue weighted by molar-refractivity contribution is 5.85. The molecular weight excluding hydrogens is 260 g/mol. The fourth-order valence-electron chi connectivity index (χ4n) is 2.48. The first-order valence-corrected chi connectivity index (χ1v) is 7.02. The second-order valence-electron chi connectivity index (χ2n) is 6.32. The summed E-state index contributed by atoms with van der Waals surface area (Å²) in [5.41, 5.74) is -0.291. The molecule has 1 saturated carbocycles. The van der Waals surface area contributed by atoms with Crippen molar-refractivity contribution in [2.75, 3.05) is 6.54 Å². The molecule has 0 saturated heterocycles. The third-order valence-electron chi connectivity index (χ3n) is 3.34. The molecule has 114 valence electrons. The van der Waals surface area contributed by atoms with Gasteiger partial charge in [0.05, 0.1) is 11.8 Å². The molecule has 2 amide bonds. The lowest BCUT2D eigenvalue weighted by Gasteiger charge is -2.21. The van der Waals surface area contributed by atoms with E-state index in [0.29, 0.717) is 12.8 Å². The van der Waals surface area contributed by atoms with Crippen LogP contribution in [0.15, 0.2) is 0 Å². The first-order chi connectivity index (χ1) is 9.20. The van der Waals surface area contributed by atoms with Crippen molar-refractivity contribution in [2.24, 2.45) is 11.8 Å². The number of hydrogen-bond donors (Lipinski definition) is 3. The largest absolute Gasteiger partial charge is 0.481 e. The maximum Gasteiger partial charge on any atom is 0.307 e. The van der Waals surface area contributed by atoms with Gasteiger partial charge in [0.1, 0.15) is 0 Å². The molecule has 1 aliphatic rings. The Morgan fingerprint density at radius 1 is 1.15 bits per heavy atom. The van der Waals surface area contributed by atoms with Gasteiger partial charge in [-0.05, 0) is 33.6 Å². The standard InChI is InChI=1S/C14H24N2O4/c1-14(2,3)16-11(17)7-8-15-12(18)9-5-4-6-10(9)13(19)20/h9-10H,4-8H2,1-3H3,(H,15,18)(H,16,17)(H,19,20)/t9-,10+/m1/s1. The van der Waals surface area contributed by atoms with Gasteiger partial charge < -0.3 is 15.7 Å². The van der Waals surface area contributed by atoms with E-state index in [1.54, 1.807) is 0 Å². The molecular formula is C14H24N2O4. The van der Waals surface area contributed by atoms with Gasteiger partial charge in [-0.1, -0.05) is 6.42 Å². The summed E-state index contributed by atoms with van der Waals surface area (Å²) in [6, 6.07) is 0. The minimum absolute atomic E-state index is 0.126. The number of rotatable bonds is 5. The summed E-state index contributed by atoms with van der Waals surface area (Å²) < 4.78 is 0. The van der Waals surface area contributed by atoms with Gasteiger partial charge >= 0.3 is 5.97 Å². The van der Waals surface area contributed by atoms with Crippen molar-refractivity contribution in [2.45, 2.75) is 52.0 Å². The number of carboxylic acid groups (broad SMARTS) is 1. The van der Waals surface area contributed by atoms with Crippen molar-refractivity contribution in [3.8, 4) is 0 Å². The summed E-state index contributed by atoms with van der Waals surface area (Å²) in [7, 11) is 0. The summed E-state index contributed by atoms with van der Waals surface area (Å²) in [5, 5.41) is 14.5. The van der Waals surface area contributed by atoms with Gasteiger partial charge in [-0.25, -0.2) is 0 Å². The van der Waals surface area contributed by atoms with E-state index in [-0.39, 0.29) is 30.3 Å². The highest BCUT2D eigenvalue weighted by atomic mass is 16.4. The van der Waals surface area contributed by atoms with Gasteiger partial charge in [0.2, 0.25) is 11.8 Å². The van der Waals surface area contributed by atoms with Crippen LogP contribution in [0.1, 0.15) is 46.5 Å². The molecule has 1 aliphatic carbocycles. The summed E-state index contributed by atoms with van der Waals surface area (Å²) in [4.78, 5) is 34.5. The molecule has 0 spiro atoms. The average molecular weight is 284 g/mol. The lowest BCUT2D eigenvalue weighted by Crippen LogP contribution is -2.42. The summed E-state index contributed by atoms with van der Waals surface area (Å²) in [6.07, 6.45) is 2.13. The highest BCUT2D eigenvalue weighted by Crippen LogP contribution is 2.31. The second-order valence-corrected chi connectivity index (χ2v) is 6.32. The lowest BCUT2D eigenvalue weighted by molar-refractivity contribution is -0.146. The first-order valence-electron chi connectivity index (χ1n) is 7.02. The molecule has 0 aliphatic heterocycles. The molecule has 6 heteroatoms. The highest BCUT2D eigenvalue weighted by Gasteiger charge is 2.37. The number of aliphatic carboxylic acids is 1. The topological polar surface area (TPSA) is 95.5 Å². The summed E-state index contributed by atoms with van der Waals surface area (Å²) in [5.74, 6) is -2.33. The number of carbonyl (C=O) groups is 3. The number of nitrogens with one attached hydrogen (secondary N) is 2. The van der Waals surface area contributed by atoms with E-state index in [1.165, 1.54) is 0 Å². The molecule has 0 unspecified atom stereocenters. The zero-order chi connectivity index (χ0) is 15.3. The fourth-order valence-corrected chi connectivity index (χ4v) is 2.48. The fraction of sp³-hybridized carbons (Fsp3) is 0.786. The van der Waals surface area contributed by atoms with Crippen molar-refractivity contribution in [1.82, 2.24) is 10.6 Å². The van der Waals surface area contributed by atoms with Crippen LogP contribution in [-0.2, 0) is 14.4 Å². The Morgan fingerprint density at radius 2 is 1.75 bits per heavy atom. The normalized spacial score (nSPS) is 22.4. The Hall–Kier alpha value is -1.59. The quantitative estimate of drug-likeness (QED) is 0.699. The van der Waals surface area contributed by atoms with E-state index in [4.69, 9.17) is 5.11 Å². The number of carbonyl (C=O) groups excluding carboxylic acids is 2.